The van der Waals surface area contributed by atoms with Crippen molar-refractivity contribution in [2.75, 3.05) is 5.88 Å². The van der Waals surface area contributed by atoms with Crippen LogP contribution in [0.2, 0.25) is 10.0 Å². The second-order valence-electron chi connectivity index (χ2n) is 4.86. The van der Waals surface area contributed by atoms with Crippen molar-refractivity contribution < 1.29 is 0 Å². The number of hydrogen-bond donors (Lipinski definition) is 0. The maximum Gasteiger partial charge on any atom is 0.0598 e. The Kier molecular flexibility index (Phi) is 5.41. The molecule has 2 rings (SSSR count). The molecule has 1 saturated carbocycles. The quantitative estimate of drug-likeness (QED) is 0.583. The fraction of sp³-hybridized carbons (Fsp3) is 0.467. The van der Waals surface area contributed by atoms with E-state index in [9.17, 15) is 0 Å². The summed E-state index contributed by atoms with van der Waals surface area (Å²) in [5.41, 5.74) is 2.42. The fourth-order valence-electron chi connectivity index (χ4n) is 2.56. The van der Waals surface area contributed by atoms with Gasteiger partial charge in [0.15, 0.2) is 0 Å². The van der Waals surface area contributed by atoms with Crippen molar-refractivity contribution in [2.24, 2.45) is 5.92 Å². The number of allylic oxidation sites excluding steroid dienone is 1. The van der Waals surface area contributed by atoms with Crippen LogP contribution in [0.3, 0.4) is 0 Å². The lowest BCUT2D eigenvalue weighted by atomic mass is 9.84. The number of benzene rings is 1. The number of hydrogen-bond acceptors (Lipinski definition) is 0. The Morgan fingerprint density at radius 3 is 2.44 bits per heavy atom. The summed E-state index contributed by atoms with van der Waals surface area (Å²) in [6, 6.07) is 5.73. The van der Waals surface area contributed by atoms with E-state index < -0.39 is 0 Å². The van der Waals surface area contributed by atoms with Crippen LogP contribution in [0.4, 0.5) is 0 Å². The molecule has 0 heterocycles. The van der Waals surface area contributed by atoms with Gasteiger partial charge < -0.3 is 0 Å². The van der Waals surface area contributed by atoms with Gasteiger partial charge in [-0.05, 0) is 36.5 Å². The molecule has 0 radical (unpaired) electrons. The van der Waals surface area contributed by atoms with Crippen LogP contribution in [-0.4, -0.2) is 5.88 Å². The Morgan fingerprint density at radius 1 is 1.11 bits per heavy atom. The molecular formula is C15H17Cl3. The van der Waals surface area contributed by atoms with Gasteiger partial charge in [0.2, 0.25) is 0 Å². The molecule has 0 unspecified atom stereocenters. The molecule has 0 amide bonds. The maximum absolute atomic E-state index is 6.09. The van der Waals surface area contributed by atoms with E-state index in [2.05, 4.69) is 6.08 Å². The lowest BCUT2D eigenvalue weighted by Crippen LogP contribution is -2.10. The molecule has 1 aromatic carbocycles. The first-order chi connectivity index (χ1) is 8.70. The molecule has 0 bridgehead atoms. The molecule has 98 valence electrons. The van der Waals surface area contributed by atoms with Crippen molar-refractivity contribution in [3.63, 3.8) is 0 Å². The molecule has 0 spiro atoms. The Balaban J connectivity index is 2.19. The Labute approximate surface area is 124 Å². The zero-order valence-electron chi connectivity index (χ0n) is 10.3. The summed E-state index contributed by atoms with van der Waals surface area (Å²) < 4.78 is 0. The molecule has 1 aliphatic rings. The molecule has 1 aromatic rings. The number of rotatable bonds is 3. The molecule has 1 aliphatic carbocycles. The highest BCUT2D eigenvalue weighted by Gasteiger charge is 2.17. The Hall–Kier alpha value is -0.170. The lowest BCUT2D eigenvalue weighted by Gasteiger charge is -2.23. The average molecular weight is 304 g/mol. The largest absolute Gasteiger partial charge is 0.122 e. The standard InChI is InChI=1S/C15H17Cl3/c16-10-13(12-4-2-1-3-5-12)8-11-6-7-14(17)15(18)9-11/h6-9,12H,1-5,10H2. The first kappa shape index (κ1) is 14.2. The third-order valence-corrected chi connectivity index (χ3v) is 4.63. The van der Waals surface area contributed by atoms with Crippen molar-refractivity contribution in [3.05, 3.63) is 39.4 Å². The van der Waals surface area contributed by atoms with Crippen LogP contribution in [0.15, 0.2) is 23.8 Å². The second-order valence-corrected chi connectivity index (χ2v) is 5.94. The van der Waals surface area contributed by atoms with Crippen LogP contribution >= 0.6 is 34.8 Å². The minimum absolute atomic E-state index is 0.596. The molecule has 0 nitrogen and oxygen atoms in total. The van der Waals surface area contributed by atoms with E-state index in [1.807, 2.05) is 18.2 Å². The second kappa shape index (κ2) is 6.84. The maximum atomic E-state index is 6.09. The molecule has 0 aliphatic heterocycles. The van der Waals surface area contributed by atoms with Crippen molar-refractivity contribution in [1.29, 1.82) is 0 Å². The summed E-state index contributed by atoms with van der Waals surface area (Å²) >= 11 is 18.0. The summed E-state index contributed by atoms with van der Waals surface area (Å²) in [5, 5.41) is 1.20. The molecule has 0 saturated heterocycles. The molecule has 0 atom stereocenters. The van der Waals surface area contributed by atoms with E-state index in [1.54, 1.807) is 0 Å². The topological polar surface area (TPSA) is 0 Å². The average Bonchev–Trinajstić information content (AvgIpc) is 2.41. The van der Waals surface area contributed by atoms with Crippen LogP contribution in [-0.2, 0) is 0 Å². The summed E-state index contributed by atoms with van der Waals surface area (Å²) in [5.74, 6) is 1.25. The van der Waals surface area contributed by atoms with Gasteiger partial charge in [0, 0.05) is 5.88 Å². The van der Waals surface area contributed by atoms with Crippen LogP contribution in [0.25, 0.3) is 6.08 Å². The highest BCUT2D eigenvalue weighted by atomic mass is 35.5. The summed E-state index contributed by atoms with van der Waals surface area (Å²) in [6.07, 6.45) is 8.70. The minimum atomic E-state index is 0.596. The molecule has 0 aromatic heterocycles. The van der Waals surface area contributed by atoms with Crippen molar-refractivity contribution in [2.45, 2.75) is 32.1 Å². The van der Waals surface area contributed by atoms with Crippen LogP contribution in [0, 0.1) is 5.92 Å². The number of alkyl halides is 1. The van der Waals surface area contributed by atoms with Gasteiger partial charge in [0.1, 0.15) is 0 Å². The molecular weight excluding hydrogens is 287 g/mol. The van der Waals surface area contributed by atoms with Gasteiger partial charge in [0.05, 0.1) is 10.0 Å². The molecule has 0 N–H and O–H groups in total. The molecule has 3 heteroatoms. The zero-order chi connectivity index (χ0) is 13.0. The van der Waals surface area contributed by atoms with Crippen LogP contribution in [0.5, 0.6) is 0 Å². The van der Waals surface area contributed by atoms with Gasteiger partial charge >= 0.3 is 0 Å². The van der Waals surface area contributed by atoms with E-state index >= 15 is 0 Å². The van der Waals surface area contributed by atoms with E-state index in [0.29, 0.717) is 21.8 Å². The van der Waals surface area contributed by atoms with Crippen molar-refractivity contribution in [3.8, 4) is 0 Å². The fourth-order valence-corrected chi connectivity index (χ4v) is 3.16. The first-order valence-corrected chi connectivity index (χ1v) is 7.71. The predicted molar refractivity (Wildman–Crippen MR) is 81.7 cm³/mol. The van der Waals surface area contributed by atoms with Crippen LogP contribution in [0.1, 0.15) is 37.7 Å². The Morgan fingerprint density at radius 2 is 1.83 bits per heavy atom. The SMILES string of the molecule is ClCC(=Cc1ccc(Cl)c(Cl)c1)C1CCCCC1. The summed E-state index contributed by atoms with van der Waals surface area (Å²) in [6.45, 7) is 0. The van der Waals surface area contributed by atoms with E-state index in [0.717, 1.165) is 5.56 Å². The number of halogens is 3. The summed E-state index contributed by atoms with van der Waals surface area (Å²) in [4.78, 5) is 0. The van der Waals surface area contributed by atoms with Gasteiger partial charge in [-0.3, -0.25) is 0 Å². The third kappa shape index (κ3) is 3.66. The van der Waals surface area contributed by atoms with Crippen LogP contribution < -0.4 is 0 Å². The van der Waals surface area contributed by atoms with Crippen molar-refractivity contribution in [1.82, 2.24) is 0 Å². The highest BCUT2D eigenvalue weighted by Crippen LogP contribution is 2.32. The highest BCUT2D eigenvalue weighted by molar-refractivity contribution is 6.42. The van der Waals surface area contributed by atoms with Crippen molar-refractivity contribution >= 4 is 40.9 Å². The van der Waals surface area contributed by atoms with Gasteiger partial charge in [0.25, 0.3) is 0 Å². The normalized spacial score (nSPS) is 18.1. The predicted octanol–water partition coefficient (Wildman–Crippen LogP) is 6.20. The van der Waals surface area contributed by atoms with Gasteiger partial charge in [-0.2, -0.15) is 0 Å². The molecule has 1 fully saturated rings. The monoisotopic (exact) mass is 302 g/mol. The smallest absolute Gasteiger partial charge is 0.0598 e. The van der Waals surface area contributed by atoms with E-state index in [1.165, 1.54) is 37.7 Å². The first-order valence-electron chi connectivity index (χ1n) is 6.42. The molecule has 18 heavy (non-hydrogen) atoms. The van der Waals surface area contributed by atoms with Gasteiger partial charge in [-0.25, -0.2) is 0 Å². The Bertz CT molecular complexity index is 431. The van der Waals surface area contributed by atoms with Gasteiger partial charge in [-0.15, -0.1) is 11.6 Å². The summed E-state index contributed by atoms with van der Waals surface area (Å²) in [7, 11) is 0. The van der Waals surface area contributed by atoms with E-state index in [4.69, 9.17) is 34.8 Å². The zero-order valence-corrected chi connectivity index (χ0v) is 12.5. The lowest BCUT2D eigenvalue weighted by molar-refractivity contribution is 0.405. The minimum Gasteiger partial charge on any atom is -0.122 e. The third-order valence-electron chi connectivity index (χ3n) is 3.58. The van der Waals surface area contributed by atoms with Gasteiger partial charge in [-0.1, -0.05) is 60.2 Å². The van der Waals surface area contributed by atoms with E-state index in [-0.39, 0.29) is 0 Å².